The number of fused-ring (bicyclic) bond motifs is 1. The molecule has 5 heteroatoms. The average Bonchev–Trinajstić information content (AvgIpc) is 2.82. The molecule has 0 aliphatic rings. The SMILES string of the molecule is CNCc1c[nH]c2cc(Nc3cncc(Br)c3)ccc12. The van der Waals surface area contributed by atoms with E-state index in [1.165, 1.54) is 10.9 Å². The first-order valence-electron chi connectivity index (χ1n) is 6.38. The van der Waals surface area contributed by atoms with Crippen LogP contribution < -0.4 is 10.6 Å². The lowest BCUT2D eigenvalue weighted by Crippen LogP contribution is -2.03. The number of H-pyrrole nitrogens is 1. The second kappa shape index (κ2) is 5.64. The molecule has 0 saturated carbocycles. The maximum Gasteiger partial charge on any atom is 0.0582 e. The highest BCUT2D eigenvalue weighted by molar-refractivity contribution is 9.10. The Labute approximate surface area is 125 Å². The summed E-state index contributed by atoms with van der Waals surface area (Å²) in [4.78, 5) is 7.45. The van der Waals surface area contributed by atoms with Gasteiger partial charge < -0.3 is 15.6 Å². The van der Waals surface area contributed by atoms with Crippen LogP contribution in [0.25, 0.3) is 10.9 Å². The number of aromatic nitrogens is 2. The molecule has 20 heavy (non-hydrogen) atoms. The van der Waals surface area contributed by atoms with E-state index in [0.29, 0.717) is 0 Å². The van der Waals surface area contributed by atoms with Crippen molar-refractivity contribution in [2.75, 3.05) is 12.4 Å². The Bertz CT molecular complexity index is 736. The topological polar surface area (TPSA) is 52.7 Å². The van der Waals surface area contributed by atoms with Crippen LogP contribution in [0, 0.1) is 0 Å². The minimum atomic E-state index is 0.863. The number of rotatable bonds is 4. The maximum absolute atomic E-state index is 4.15. The Morgan fingerprint density at radius 2 is 2.10 bits per heavy atom. The Kier molecular flexibility index (Phi) is 3.71. The number of nitrogens with one attached hydrogen (secondary N) is 3. The van der Waals surface area contributed by atoms with Crippen LogP contribution >= 0.6 is 15.9 Å². The average molecular weight is 331 g/mol. The second-order valence-electron chi connectivity index (χ2n) is 4.62. The van der Waals surface area contributed by atoms with Crippen molar-refractivity contribution < 1.29 is 0 Å². The second-order valence-corrected chi connectivity index (χ2v) is 5.54. The minimum absolute atomic E-state index is 0.863. The van der Waals surface area contributed by atoms with Crippen LogP contribution in [0.3, 0.4) is 0 Å². The van der Waals surface area contributed by atoms with Gasteiger partial charge in [-0.3, -0.25) is 4.98 Å². The number of halogens is 1. The standard InChI is InChI=1S/C15H15BrN4/c1-17-6-10-7-19-15-5-12(2-3-14(10)15)20-13-4-11(16)8-18-9-13/h2-5,7-9,17,19-20H,6H2,1H3. The number of anilines is 2. The molecular weight excluding hydrogens is 316 g/mol. The van der Waals surface area contributed by atoms with Gasteiger partial charge in [0.25, 0.3) is 0 Å². The van der Waals surface area contributed by atoms with Crippen LogP contribution in [0.4, 0.5) is 11.4 Å². The molecule has 0 unspecified atom stereocenters. The highest BCUT2D eigenvalue weighted by Gasteiger charge is 2.04. The fourth-order valence-electron chi connectivity index (χ4n) is 2.25. The molecule has 4 nitrogen and oxygen atoms in total. The third kappa shape index (κ3) is 2.69. The van der Waals surface area contributed by atoms with Gasteiger partial charge in [-0.15, -0.1) is 0 Å². The van der Waals surface area contributed by atoms with Crippen LogP contribution in [-0.2, 0) is 6.54 Å². The lowest BCUT2D eigenvalue weighted by atomic mass is 10.1. The summed E-state index contributed by atoms with van der Waals surface area (Å²) in [6.45, 7) is 0.863. The largest absolute Gasteiger partial charge is 0.361 e. The molecule has 2 aromatic heterocycles. The molecule has 3 aromatic rings. The Hall–Kier alpha value is -1.85. The smallest absolute Gasteiger partial charge is 0.0582 e. The van der Waals surface area contributed by atoms with E-state index < -0.39 is 0 Å². The van der Waals surface area contributed by atoms with Crippen molar-refractivity contribution in [1.29, 1.82) is 0 Å². The lowest BCUT2D eigenvalue weighted by molar-refractivity contribution is 0.823. The van der Waals surface area contributed by atoms with Gasteiger partial charge >= 0.3 is 0 Å². The lowest BCUT2D eigenvalue weighted by Gasteiger charge is -2.06. The number of aromatic amines is 1. The zero-order valence-electron chi connectivity index (χ0n) is 11.1. The molecule has 3 rings (SSSR count). The molecule has 1 aromatic carbocycles. The Balaban J connectivity index is 1.89. The van der Waals surface area contributed by atoms with Crippen molar-refractivity contribution in [1.82, 2.24) is 15.3 Å². The van der Waals surface area contributed by atoms with Gasteiger partial charge in [0.15, 0.2) is 0 Å². The Morgan fingerprint density at radius 3 is 2.90 bits per heavy atom. The van der Waals surface area contributed by atoms with E-state index in [2.05, 4.69) is 54.7 Å². The first kappa shape index (κ1) is 13.1. The number of hydrogen-bond acceptors (Lipinski definition) is 3. The van der Waals surface area contributed by atoms with E-state index in [1.807, 2.05) is 19.3 Å². The summed E-state index contributed by atoms with van der Waals surface area (Å²) >= 11 is 3.42. The minimum Gasteiger partial charge on any atom is -0.361 e. The molecule has 0 amide bonds. The van der Waals surface area contributed by atoms with Gasteiger partial charge in [-0.2, -0.15) is 0 Å². The Morgan fingerprint density at radius 1 is 1.20 bits per heavy atom. The predicted octanol–water partition coefficient (Wildman–Crippen LogP) is 3.79. The molecule has 102 valence electrons. The number of benzene rings is 1. The number of nitrogens with zero attached hydrogens (tertiary/aromatic N) is 1. The summed E-state index contributed by atoms with van der Waals surface area (Å²) in [5, 5.41) is 7.77. The van der Waals surface area contributed by atoms with Crippen LogP contribution in [0.15, 0.2) is 47.3 Å². The van der Waals surface area contributed by atoms with Crippen molar-refractivity contribution >= 4 is 38.2 Å². The molecule has 2 heterocycles. The summed E-state index contributed by atoms with van der Waals surface area (Å²) in [6, 6.07) is 8.32. The van der Waals surface area contributed by atoms with Gasteiger partial charge in [-0.1, -0.05) is 6.07 Å². The molecule has 0 bridgehead atoms. The van der Waals surface area contributed by atoms with Crippen molar-refractivity contribution in [3.05, 3.63) is 52.9 Å². The highest BCUT2D eigenvalue weighted by Crippen LogP contribution is 2.25. The number of hydrogen-bond donors (Lipinski definition) is 3. The molecule has 0 saturated heterocycles. The van der Waals surface area contributed by atoms with E-state index in [-0.39, 0.29) is 0 Å². The van der Waals surface area contributed by atoms with Gasteiger partial charge in [0.2, 0.25) is 0 Å². The van der Waals surface area contributed by atoms with Gasteiger partial charge in [0.1, 0.15) is 0 Å². The van der Waals surface area contributed by atoms with Crippen LogP contribution in [0.5, 0.6) is 0 Å². The monoisotopic (exact) mass is 330 g/mol. The van der Waals surface area contributed by atoms with E-state index in [0.717, 1.165) is 27.9 Å². The summed E-state index contributed by atoms with van der Waals surface area (Å²) in [5.41, 5.74) is 4.40. The quantitative estimate of drug-likeness (QED) is 0.682. The summed E-state index contributed by atoms with van der Waals surface area (Å²) in [5.74, 6) is 0. The predicted molar refractivity (Wildman–Crippen MR) is 86.3 cm³/mol. The van der Waals surface area contributed by atoms with Gasteiger partial charge in [0.05, 0.1) is 11.9 Å². The van der Waals surface area contributed by atoms with Crippen LogP contribution in [-0.4, -0.2) is 17.0 Å². The first-order chi connectivity index (χ1) is 9.76. The van der Waals surface area contributed by atoms with Crippen LogP contribution in [0.1, 0.15) is 5.56 Å². The van der Waals surface area contributed by atoms with Crippen molar-refractivity contribution in [2.45, 2.75) is 6.54 Å². The molecular formula is C15H15BrN4. The number of pyridine rings is 1. The molecule has 0 aliphatic heterocycles. The van der Waals surface area contributed by atoms with Gasteiger partial charge in [-0.25, -0.2) is 0 Å². The van der Waals surface area contributed by atoms with Crippen molar-refractivity contribution in [2.24, 2.45) is 0 Å². The molecule has 0 aliphatic carbocycles. The molecule has 0 radical (unpaired) electrons. The molecule has 0 fully saturated rings. The fourth-order valence-corrected chi connectivity index (χ4v) is 2.61. The zero-order valence-corrected chi connectivity index (χ0v) is 12.7. The summed E-state index contributed by atoms with van der Waals surface area (Å²) < 4.78 is 0.958. The fraction of sp³-hybridized carbons (Fsp3) is 0.133. The van der Waals surface area contributed by atoms with E-state index in [9.17, 15) is 0 Å². The van der Waals surface area contributed by atoms with Crippen LogP contribution in [0.2, 0.25) is 0 Å². The first-order valence-corrected chi connectivity index (χ1v) is 7.18. The summed E-state index contributed by atoms with van der Waals surface area (Å²) in [6.07, 6.45) is 5.62. The van der Waals surface area contributed by atoms with Crippen molar-refractivity contribution in [3.63, 3.8) is 0 Å². The summed E-state index contributed by atoms with van der Waals surface area (Å²) in [7, 11) is 1.95. The normalized spacial score (nSPS) is 10.9. The van der Waals surface area contributed by atoms with Gasteiger partial charge in [-0.05, 0) is 46.7 Å². The molecule has 0 atom stereocenters. The van der Waals surface area contributed by atoms with E-state index in [1.54, 1.807) is 12.4 Å². The van der Waals surface area contributed by atoms with Crippen molar-refractivity contribution in [3.8, 4) is 0 Å². The third-order valence-electron chi connectivity index (χ3n) is 3.13. The third-order valence-corrected chi connectivity index (χ3v) is 3.56. The molecule has 0 spiro atoms. The van der Waals surface area contributed by atoms with E-state index in [4.69, 9.17) is 0 Å². The zero-order chi connectivity index (χ0) is 13.9. The maximum atomic E-state index is 4.15. The van der Waals surface area contributed by atoms with Gasteiger partial charge in [0, 0.05) is 40.0 Å². The highest BCUT2D eigenvalue weighted by atomic mass is 79.9. The van der Waals surface area contributed by atoms with E-state index >= 15 is 0 Å². The molecule has 3 N–H and O–H groups in total.